The predicted octanol–water partition coefficient (Wildman–Crippen LogP) is 9.79. The minimum absolute atomic E-state index is 0.0735. The highest BCUT2D eigenvalue weighted by Crippen LogP contribution is 2.36. The molecule has 3 aromatic rings. The molecule has 5 heteroatoms. The Morgan fingerprint density at radius 2 is 1.59 bits per heavy atom. The van der Waals surface area contributed by atoms with Crippen molar-refractivity contribution in [1.82, 2.24) is 0 Å². The van der Waals surface area contributed by atoms with E-state index in [-0.39, 0.29) is 23.2 Å². The zero-order valence-corrected chi connectivity index (χ0v) is 21.6. The molecule has 1 heterocycles. The van der Waals surface area contributed by atoms with Crippen molar-refractivity contribution in [3.05, 3.63) is 90.0 Å². The van der Waals surface area contributed by atoms with Crippen LogP contribution < -0.4 is 4.74 Å². The summed E-state index contributed by atoms with van der Waals surface area (Å²) in [4.78, 5) is 0. The molecule has 0 aromatic heterocycles. The Bertz CT molecular complexity index is 1200. The highest BCUT2D eigenvalue weighted by atomic mass is 19.2. The van der Waals surface area contributed by atoms with E-state index in [4.69, 9.17) is 9.47 Å². The molecule has 1 fully saturated rings. The lowest BCUT2D eigenvalue weighted by Crippen LogP contribution is -2.20. The highest BCUT2D eigenvalue weighted by molar-refractivity contribution is 5.71. The number of rotatable bonds is 10. The van der Waals surface area contributed by atoms with E-state index in [1.54, 1.807) is 42.5 Å². The molecule has 37 heavy (non-hydrogen) atoms. The maximum absolute atomic E-state index is 15.1. The Morgan fingerprint density at radius 3 is 2.24 bits per heavy atom. The molecule has 196 valence electrons. The molecule has 2 atom stereocenters. The van der Waals surface area contributed by atoms with Crippen molar-refractivity contribution < 1.29 is 22.6 Å². The van der Waals surface area contributed by atoms with Crippen LogP contribution in [0.3, 0.4) is 0 Å². The standard InChI is InChI=1S/C32H35F3O2/c1-3-5-7-8-22-9-17-29(37-21-22)25-14-15-26(28(33)20-25)23-10-12-24(13-11-23)27-16-18-30(32(35)31(27)34)36-19-6-4-2/h6,10-16,18-20,22,29H,3-5,7-9,17,21H2,1-2H3/b19-6-. The molecule has 2 unspecified atom stereocenters. The van der Waals surface area contributed by atoms with Crippen LogP contribution in [0, 0.1) is 23.4 Å². The molecule has 0 N–H and O–H groups in total. The van der Waals surface area contributed by atoms with Gasteiger partial charge in [-0.05, 0) is 72.6 Å². The molecular weight excluding hydrogens is 473 g/mol. The largest absolute Gasteiger partial charge is 0.462 e. The zero-order valence-electron chi connectivity index (χ0n) is 21.6. The first kappa shape index (κ1) is 27.0. The van der Waals surface area contributed by atoms with Crippen molar-refractivity contribution in [1.29, 1.82) is 0 Å². The van der Waals surface area contributed by atoms with Crippen LogP contribution >= 0.6 is 0 Å². The number of hydrogen-bond donors (Lipinski definition) is 0. The van der Waals surface area contributed by atoms with Crippen molar-refractivity contribution >= 4 is 0 Å². The normalized spacial score (nSPS) is 17.9. The molecule has 3 aromatic carbocycles. The van der Waals surface area contributed by atoms with Gasteiger partial charge in [-0.1, -0.05) is 69.5 Å². The topological polar surface area (TPSA) is 18.5 Å². The summed E-state index contributed by atoms with van der Waals surface area (Å²) in [5.41, 5.74) is 2.60. The minimum atomic E-state index is -1.04. The lowest BCUT2D eigenvalue weighted by molar-refractivity contribution is -0.0200. The summed E-state index contributed by atoms with van der Waals surface area (Å²) in [5.74, 6) is -1.91. The Balaban J connectivity index is 1.44. The summed E-state index contributed by atoms with van der Waals surface area (Å²) in [5, 5.41) is 0. The van der Waals surface area contributed by atoms with Gasteiger partial charge >= 0.3 is 0 Å². The Kier molecular flexibility index (Phi) is 9.45. The molecule has 0 amide bonds. The molecule has 2 nitrogen and oxygen atoms in total. The van der Waals surface area contributed by atoms with E-state index in [0.717, 1.165) is 31.4 Å². The fraction of sp³-hybridized carbons (Fsp3) is 0.375. The Labute approximate surface area is 218 Å². The first-order chi connectivity index (χ1) is 18.0. The van der Waals surface area contributed by atoms with Gasteiger partial charge in [-0.25, -0.2) is 8.78 Å². The lowest BCUT2D eigenvalue weighted by atomic mass is 9.90. The summed E-state index contributed by atoms with van der Waals surface area (Å²) >= 11 is 0. The van der Waals surface area contributed by atoms with E-state index < -0.39 is 11.6 Å². The second kappa shape index (κ2) is 13.0. The maximum Gasteiger partial charge on any atom is 0.201 e. The fourth-order valence-electron chi connectivity index (χ4n) is 4.84. The van der Waals surface area contributed by atoms with Gasteiger partial charge < -0.3 is 9.47 Å². The van der Waals surface area contributed by atoms with Crippen molar-refractivity contribution in [2.24, 2.45) is 5.92 Å². The zero-order chi connectivity index (χ0) is 26.2. The SMILES string of the molecule is CC/C=C\Oc1ccc(-c2ccc(-c3ccc(C4CCC(CCCCC)CO4)cc3F)cc2)c(F)c1F. The molecule has 1 aliphatic heterocycles. The van der Waals surface area contributed by atoms with Crippen LogP contribution in [0.1, 0.15) is 70.5 Å². The van der Waals surface area contributed by atoms with Gasteiger partial charge in [-0.15, -0.1) is 0 Å². The van der Waals surface area contributed by atoms with E-state index in [9.17, 15) is 8.78 Å². The van der Waals surface area contributed by atoms with Gasteiger partial charge in [0.1, 0.15) is 5.82 Å². The third-order valence-electron chi connectivity index (χ3n) is 7.03. The van der Waals surface area contributed by atoms with E-state index in [2.05, 4.69) is 6.92 Å². The van der Waals surface area contributed by atoms with Crippen LogP contribution in [0.4, 0.5) is 13.2 Å². The molecule has 0 bridgehead atoms. The van der Waals surface area contributed by atoms with Crippen LogP contribution in [0.15, 0.2) is 66.9 Å². The van der Waals surface area contributed by atoms with Gasteiger partial charge in [0.2, 0.25) is 5.82 Å². The van der Waals surface area contributed by atoms with Crippen LogP contribution in [-0.4, -0.2) is 6.61 Å². The molecule has 0 spiro atoms. The summed E-state index contributed by atoms with van der Waals surface area (Å²) in [6.45, 7) is 4.86. The number of hydrogen-bond acceptors (Lipinski definition) is 2. The van der Waals surface area contributed by atoms with Crippen molar-refractivity contribution in [2.75, 3.05) is 6.61 Å². The smallest absolute Gasteiger partial charge is 0.201 e. The maximum atomic E-state index is 15.1. The second-order valence-electron chi connectivity index (χ2n) is 9.71. The van der Waals surface area contributed by atoms with Gasteiger partial charge in [-0.2, -0.15) is 4.39 Å². The molecule has 0 saturated carbocycles. The average molecular weight is 509 g/mol. The predicted molar refractivity (Wildman–Crippen MR) is 143 cm³/mol. The lowest BCUT2D eigenvalue weighted by Gasteiger charge is -2.29. The highest BCUT2D eigenvalue weighted by Gasteiger charge is 2.23. The van der Waals surface area contributed by atoms with E-state index in [1.165, 1.54) is 44.1 Å². The second-order valence-corrected chi connectivity index (χ2v) is 9.71. The molecule has 1 saturated heterocycles. The first-order valence-electron chi connectivity index (χ1n) is 13.3. The van der Waals surface area contributed by atoms with Crippen molar-refractivity contribution in [3.63, 3.8) is 0 Å². The van der Waals surface area contributed by atoms with Crippen molar-refractivity contribution in [3.8, 4) is 28.0 Å². The van der Waals surface area contributed by atoms with Crippen LogP contribution in [0.5, 0.6) is 5.75 Å². The Morgan fingerprint density at radius 1 is 0.865 bits per heavy atom. The van der Waals surface area contributed by atoms with Gasteiger partial charge in [0.25, 0.3) is 0 Å². The third-order valence-corrected chi connectivity index (χ3v) is 7.03. The van der Waals surface area contributed by atoms with Crippen LogP contribution in [0.2, 0.25) is 0 Å². The Hall–Kier alpha value is -3.05. The van der Waals surface area contributed by atoms with Gasteiger partial charge in [0.15, 0.2) is 11.6 Å². The van der Waals surface area contributed by atoms with E-state index >= 15 is 4.39 Å². The summed E-state index contributed by atoms with van der Waals surface area (Å²) in [6.07, 6.45) is 10.7. The van der Waals surface area contributed by atoms with Gasteiger partial charge in [0, 0.05) is 11.1 Å². The number of unbranched alkanes of at least 4 members (excludes halogenated alkanes) is 2. The molecule has 1 aliphatic rings. The van der Waals surface area contributed by atoms with E-state index in [0.29, 0.717) is 22.6 Å². The average Bonchev–Trinajstić information content (AvgIpc) is 2.92. The minimum Gasteiger partial charge on any atom is -0.462 e. The van der Waals surface area contributed by atoms with Crippen LogP contribution in [-0.2, 0) is 4.74 Å². The van der Waals surface area contributed by atoms with Gasteiger partial charge in [0.05, 0.1) is 19.0 Å². The number of benzene rings is 3. The molecular formula is C32H35F3O2. The first-order valence-corrected chi connectivity index (χ1v) is 13.3. The van der Waals surface area contributed by atoms with Crippen LogP contribution in [0.25, 0.3) is 22.3 Å². The molecule has 0 radical (unpaired) electrons. The van der Waals surface area contributed by atoms with Crippen molar-refractivity contribution in [2.45, 2.75) is 64.9 Å². The summed E-state index contributed by atoms with van der Waals surface area (Å²) < 4.78 is 55.5. The molecule has 4 rings (SSSR count). The quantitative estimate of drug-likeness (QED) is 0.200. The summed E-state index contributed by atoms with van der Waals surface area (Å²) in [6, 6.07) is 14.9. The summed E-state index contributed by atoms with van der Waals surface area (Å²) in [7, 11) is 0. The monoisotopic (exact) mass is 508 g/mol. The third kappa shape index (κ3) is 6.64. The number of ether oxygens (including phenoxy) is 2. The van der Waals surface area contributed by atoms with Gasteiger partial charge in [-0.3, -0.25) is 0 Å². The number of halogens is 3. The van der Waals surface area contributed by atoms with E-state index in [1.807, 2.05) is 13.0 Å². The fourth-order valence-corrected chi connectivity index (χ4v) is 4.84. The number of allylic oxidation sites excluding steroid dienone is 1. The molecule has 0 aliphatic carbocycles.